The highest BCUT2D eigenvalue weighted by molar-refractivity contribution is 5.76. The van der Waals surface area contributed by atoms with Crippen molar-refractivity contribution >= 4 is 11.0 Å². The predicted molar refractivity (Wildman–Crippen MR) is 107 cm³/mol. The number of nitrogens with zero attached hydrogens (tertiary/aromatic N) is 2. The predicted octanol–water partition coefficient (Wildman–Crippen LogP) is 4.07. The first-order valence-electron chi connectivity index (χ1n) is 9.13. The van der Waals surface area contributed by atoms with Gasteiger partial charge in [-0.25, -0.2) is 4.98 Å². The molecule has 1 unspecified atom stereocenters. The number of aliphatic hydroxyl groups is 1. The Kier molecular flexibility index (Phi) is 5.17. The molecule has 27 heavy (non-hydrogen) atoms. The van der Waals surface area contributed by atoms with Crippen molar-refractivity contribution < 1.29 is 9.84 Å². The molecule has 0 spiro atoms. The highest BCUT2D eigenvalue weighted by atomic mass is 16.5. The second-order valence-corrected chi connectivity index (χ2v) is 6.57. The molecule has 0 radical (unpaired) electrons. The Labute approximate surface area is 158 Å². The Bertz CT molecular complexity index is 997. The van der Waals surface area contributed by atoms with Crippen LogP contribution in [0.4, 0.5) is 0 Å². The zero-order valence-electron chi connectivity index (χ0n) is 15.0. The maximum absolute atomic E-state index is 10.6. The number of aromatic nitrogens is 2. The molecular weight excluding hydrogens is 336 g/mol. The average molecular weight is 358 g/mol. The fraction of sp³-hybridized carbons (Fsp3) is 0.174. The summed E-state index contributed by atoms with van der Waals surface area (Å²) in [5.74, 6) is 1.71. The van der Waals surface area contributed by atoms with Crippen LogP contribution in [0.15, 0.2) is 84.9 Å². The van der Waals surface area contributed by atoms with E-state index in [-0.39, 0.29) is 6.61 Å². The minimum Gasteiger partial charge on any atom is -0.491 e. The molecule has 0 amide bonds. The number of imidazole rings is 1. The Balaban J connectivity index is 1.55. The molecule has 1 aromatic heterocycles. The summed E-state index contributed by atoms with van der Waals surface area (Å²) in [5, 5.41) is 10.6. The Morgan fingerprint density at radius 1 is 0.852 bits per heavy atom. The first-order valence-corrected chi connectivity index (χ1v) is 9.13. The van der Waals surface area contributed by atoms with Crippen molar-refractivity contribution in [3.05, 3.63) is 96.3 Å². The molecule has 3 aromatic carbocycles. The highest BCUT2D eigenvalue weighted by Gasteiger charge is 2.15. The molecule has 136 valence electrons. The van der Waals surface area contributed by atoms with Gasteiger partial charge in [0, 0.05) is 6.42 Å². The van der Waals surface area contributed by atoms with Crippen LogP contribution >= 0.6 is 0 Å². The van der Waals surface area contributed by atoms with E-state index < -0.39 is 6.10 Å². The maximum atomic E-state index is 10.6. The molecule has 4 rings (SSSR count). The van der Waals surface area contributed by atoms with Crippen molar-refractivity contribution in [2.75, 3.05) is 6.61 Å². The summed E-state index contributed by atoms with van der Waals surface area (Å²) < 4.78 is 7.80. The largest absolute Gasteiger partial charge is 0.491 e. The zero-order chi connectivity index (χ0) is 18.5. The summed E-state index contributed by atoms with van der Waals surface area (Å²) in [6.07, 6.45) is 0.0965. The van der Waals surface area contributed by atoms with E-state index in [1.165, 1.54) is 5.56 Å². The van der Waals surface area contributed by atoms with Gasteiger partial charge in [0.1, 0.15) is 24.3 Å². The molecular formula is C23H22N2O2. The molecule has 4 nitrogen and oxygen atoms in total. The van der Waals surface area contributed by atoms with Crippen LogP contribution in [0.1, 0.15) is 11.4 Å². The lowest BCUT2D eigenvalue weighted by atomic mass is 10.1. The van der Waals surface area contributed by atoms with Crippen molar-refractivity contribution in [2.45, 2.75) is 19.1 Å². The molecule has 0 aliphatic heterocycles. The number of hydrogen-bond donors (Lipinski definition) is 1. The van der Waals surface area contributed by atoms with Gasteiger partial charge in [-0.1, -0.05) is 60.7 Å². The number of aliphatic hydroxyl groups excluding tert-OH is 1. The number of ether oxygens (including phenoxy) is 1. The molecule has 1 N–H and O–H groups in total. The van der Waals surface area contributed by atoms with E-state index in [0.29, 0.717) is 6.54 Å². The van der Waals surface area contributed by atoms with Crippen LogP contribution in [0.2, 0.25) is 0 Å². The fourth-order valence-corrected chi connectivity index (χ4v) is 3.22. The third kappa shape index (κ3) is 4.18. The van der Waals surface area contributed by atoms with Crippen molar-refractivity contribution in [2.24, 2.45) is 0 Å². The number of benzene rings is 3. The number of hydrogen-bond acceptors (Lipinski definition) is 3. The molecule has 0 saturated carbocycles. The highest BCUT2D eigenvalue weighted by Crippen LogP contribution is 2.19. The van der Waals surface area contributed by atoms with Crippen LogP contribution < -0.4 is 4.74 Å². The summed E-state index contributed by atoms with van der Waals surface area (Å²) in [6.45, 7) is 0.677. The van der Waals surface area contributed by atoms with Crippen molar-refractivity contribution in [3.8, 4) is 5.75 Å². The van der Waals surface area contributed by atoms with Crippen LogP contribution in [0.25, 0.3) is 11.0 Å². The minimum atomic E-state index is -0.627. The van der Waals surface area contributed by atoms with Crippen LogP contribution in [0.3, 0.4) is 0 Å². The van der Waals surface area contributed by atoms with Gasteiger partial charge in [-0.2, -0.15) is 0 Å². The molecule has 0 fully saturated rings. The molecule has 1 atom stereocenters. The summed E-state index contributed by atoms with van der Waals surface area (Å²) in [4.78, 5) is 4.79. The summed E-state index contributed by atoms with van der Waals surface area (Å²) in [5.41, 5.74) is 3.17. The monoisotopic (exact) mass is 358 g/mol. The first-order chi connectivity index (χ1) is 13.3. The van der Waals surface area contributed by atoms with E-state index in [1.807, 2.05) is 72.8 Å². The van der Waals surface area contributed by atoms with Gasteiger partial charge in [0.05, 0.1) is 17.6 Å². The van der Waals surface area contributed by atoms with Crippen LogP contribution in [0.5, 0.6) is 5.75 Å². The molecule has 0 aliphatic carbocycles. The van der Waals surface area contributed by atoms with E-state index in [1.54, 1.807) is 0 Å². The van der Waals surface area contributed by atoms with Gasteiger partial charge in [-0.05, 0) is 29.8 Å². The van der Waals surface area contributed by atoms with Crippen LogP contribution in [0, 0.1) is 0 Å². The quantitative estimate of drug-likeness (QED) is 0.542. The molecule has 1 heterocycles. The van der Waals surface area contributed by atoms with Gasteiger partial charge in [-0.15, -0.1) is 0 Å². The number of fused-ring (bicyclic) bond motifs is 1. The van der Waals surface area contributed by atoms with E-state index in [2.05, 4.69) is 16.7 Å². The van der Waals surface area contributed by atoms with Gasteiger partial charge in [0.15, 0.2) is 0 Å². The minimum absolute atomic E-state index is 0.237. The van der Waals surface area contributed by atoms with E-state index in [4.69, 9.17) is 9.72 Å². The van der Waals surface area contributed by atoms with Gasteiger partial charge in [-0.3, -0.25) is 0 Å². The third-order valence-electron chi connectivity index (χ3n) is 4.52. The zero-order valence-corrected chi connectivity index (χ0v) is 15.0. The standard InChI is InChI=1S/C23H22N2O2/c26-19(17-27-20-11-5-2-6-12-20)16-25-22-14-8-7-13-21(22)24-23(25)15-18-9-3-1-4-10-18/h1-14,19,26H,15-17H2. The van der Waals surface area contributed by atoms with Gasteiger partial charge >= 0.3 is 0 Å². The van der Waals surface area contributed by atoms with E-state index in [9.17, 15) is 5.11 Å². The van der Waals surface area contributed by atoms with Crippen molar-refractivity contribution in [1.29, 1.82) is 0 Å². The lowest BCUT2D eigenvalue weighted by Crippen LogP contribution is -2.24. The SMILES string of the molecule is OC(COc1ccccc1)Cn1c(Cc2ccccc2)nc2ccccc21. The number of para-hydroxylation sites is 3. The number of rotatable bonds is 7. The second-order valence-electron chi connectivity index (χ2n) is 6.57. The Morgan fingerprint density at radius 2 is 1.52 bits per heavy atom. The molecule has 0 aliphatic rings. The maximum Gasteiger partial charge on any atom is 0.119 e. The normalized spacial score (nSPS) is 12.2. The summed E-state index contributed by atoms with van der Waals surface area (Å²) in [7, 11) is 0. The van der Waals surface area contributed by atoms with Crippen LogP contribution in [-0.4, -0.2) is 27.4 Å². The average Bonchev–Trinajstić information content (AvgIpc) is 3.05. The molecule has 0 saturated heterocycles. The van der Waals surface area contributed by atoms with Gasteiger partial charge in [0.25, 0.3) is 0 Å². The van der Waals surface area contributed by atoms with Crippen molar-refractivity contribution in [1.82, 2.24) is 9.55 Å². The second kappa shape index (κ2) is 8.06. The lowest BCUT2D eigenvalue weighted by molar-refractivity contribution is 0.0928. The van der Waals surface area contributed by atoms with E-state index in [0.717, 1.165) is 29.0 Å². The summed E-state index contributed by atoms with van der Waals surface area (Å²) in [6, 6.07) is 27.9. The third-order valence-corrected chi connectivity index (χ3v) is 4.52. The molecule has 0 bridgehead atoms. The van der Waals surface area contributed by atoms with Crippen LogP contribution in [-0.2, 0) is 13.0 Å². The fourth-order valence-electron chi connectivity index (χ4n) is 3.22. The Hall–Kier alpha value is -3.11. The lowest BCUT2D eigenvalue weighted by Gasteiger charge is -2.16. The topological polar surface area (TPSA) is 47.3 Å². The molecule has 4 heteroatoms. The first kappa shape index (κ1) is 17.3. The van der Waals surface area contributed by atoms with Gasteiger partial charge in [0.2, 0.25) is 0 Å². The summed E-state index contributed by atoms with van der Waals surface area (Å²) >= 11 is 0. The Morgan fingerprint density at radius 3 is 2.30 bits per heavy atom. The molecule has 4 aromatic rings. The smallest absolute Gasteiger partial charge is 0.119 e. The van der Waals surface area contributed by atoms with Gasteiger partial charge < -0.3 is 14.4 Å². The van der Waals surface area contributed by atoms with Crippen molar-refractivity contribution in [3.63, 3.8) is 0 Å². The van der Waals surface area contributed by atoms with E-state index >= 15 is 0 Å².